The fourth-order valence-corrected chi connectivity index (χ4v) is 3.20. The van der Waals surface area contributed by atoms with Crippen LogP contribution in [-0.2, 0) is 0 Å². The highest BCUT2D eigenvalue weighted by atomic mass is 15.4. The van der Waals surface area contributed by atoms with Gasteiger partial charge in [-0.2, -0.15) is 20.1 Å². The van der Waals surface area contributed by atoms with Crippen LogP contribution < -0.4 is 10.2 Å². The Hall–Kier alpha value is -3.26. The lowest BCUT2D eigenvalue weighted by atomic mass is 10.2. The van der Waals surface area contributed by atoms with Crippen molar-refractivity contribution in [3.8, 4) is 11.9 Å². The van der Waals surface area contributed by atoms with Gasteiger partial charge in [0, 0.05) is 50.2 Å². The third kappa shape index (κ3) is 2.60. The molecule has 5 rings (SSSR count). The number of piperazine rings is 1. The van der Waals surface area contributed by atoms with E-state index in [1.165, 1.54) is 0 Å². The van der Waals surface area contributed by atoms with Gasteiger partial charge in [0.1, 0.15) is 0 Å². The van der Waals surface area contributed by atoms with Gasteiger partial charge in [-0.3, -0.25) is 4.57 Å². The second-order valence-corrected chi connectivity index (χ2v) is 6.17. The molecule has 26 heavy (non-hydrogen) atoms. The normalized spacial score (nSPS) is 14.8. The summed E-state index contributed by atoms with van der Waals surface area (Å²) in [6.07, 6.45) is 5.56. The number of benzene rings is 1. The summed E-state index contributed by atoms with van der Waals surface area (Å²) < 4.78 is 3.66. The van der Waals surface area contributed by atoms with Crippen LogP contribution in [0, 0.1) is 0 Å². The van der Waals surface area contributed by atoms with Crippen LogP contribution in [0.3, 0.4) is 0 Å². The van der Waals surface area contributed by atoms with E-state index in [4.69, 9.17) is 4.98 Å². The lowest BCUT2D eigenvalue weighted by molar-refractivity contribution is 0.576. The molecule has 0 bridgehead atoms. The Morgan fingerprint density at radius 2 is 1.62 bits per heavy atom. The fraction of sp³-hybridized carbons (Fsp3) is 0.222. The molecule has 130 valence electrons. The Morgan fingerprint density at radius 3 is 2.46 bits per heavy atom. The van der Waals surface area contributed by atoms with Crippen LogP contribution in [0.1, 0.15) is 0 Å². The first kappa shape index (κ1) is 15.0. The summed E-state index contributed by atoms with van der Waals surface area (Å²) in [5.74, 6) is 1.80. The zero-order chi connectivity index (χ0) is 17.3. The van der Waals surface area contributed by atoms with Gasteiger partial charge in [0.05, 0.1) is 5.52 Å². The molecule has 0 saturated carbocycles. The lowest BCUT2D eigenvalue weighted by Crippen LogP contribution is -2.44. The van der Waals surface area contributed by atoms with Crippen molar-refractivity contribution in [2.75, 3.05) is 31.1 Å². The molecule has 0 unspecified atom stereocenters. The van der Waals surface area contributed by atoms with Crippen molar-refractivity contribution in [1.29, 1.82) is 0 Å². The van der Waals surface area contributed by atoms with Crippen LogP contribution in [0.5, 0.6) is 0 Å². The molecule has 0 amide bonds. The largest absolute Gasteiger partial charge is 0.338 e. The number of nitrogens with zero attached hydrogens (tertiary/aromatic N) is 7. The van der Waals surface area contributed by atoms with Crippen LogP contribution in [0.15, 0.2) is 55.0 Å². The smallest absolute Gasteiger partial charge is 0.257 e. The van der Waals surface area contributed by atoms with Gasteiger partial charge < -0.3 is 10.2 Å². The lowest BCUT2D eigenvalue weighted by Gasteiger charge is -2.27. The highest BCUT2D eigenvalue weighted by Gasteiger charge is 2.18. The first-order valence-corrected chi connectivity index (χ1v) is 8.67. The quantitative estimate of drug-likeness (QED) is 0.604. The maximum Gasteiger partial charge on any atom is 0.257 e. The van der Waals surface area contributed by atoms with E-state index >= 15 is 0 Å². The molecule has 1 fully saturated rings. The summed E-state index contributed by atoms with van der Waals surface area (Å²) in [4.78, 5) is 16.3. The molecule has 4 aromatic rings. The van der Waals surface area contributed by atoms with Crippen LogP contribution in [0.2, 0.25) is 0 Å². The van der Waals surface area contributed by atoms with Gasteiger partial charge >= 0.3 is 0 Å². The van der Waals surface area contributed by atoms with Gasteiger partial charge in [0.25, 0.3) is 5.95 Å². The monoisotopic (exact) mass is 346 g/mol. The van der Waals surface area contributed by atoms with E-state index in [9.17, 15) is 0 Å². The van der Waals surface area contributed by atoms with Gasteiger partial charge in [-0.25, -0.2) is 4.68 Å². The Bertz CT molecular complexity index is 1030. The van der Waals surface area contributed by atoms with Crippen molar-refractivity contribution < 1.29 is 0 Å². The molecular weight excluding hydrogens is 328 g/mol. The summed E-state index contributed by atoms with van der Waals surface area (Å²) in [5, 5.41) is 8.79. The minimum Gasteiger partial charge on any atom is -0.338 e. The highest BCUT2D eigenvalue weighted by molar-refractivity contribution is 5.81. The van der Waals surface area contributed by atoms with Gasteiger partial charge in [0.2, 0.25) is 11.9 Å². The zero-order valence-electron chi connectivity index (χ0n) is 14.2. The van der Waals surface area contributed by atoms with Crippen molar-refractivity contribution in [2.24, 2.45) is 0 Å². The van der Waals surface area contributed by atoms with Crippen molar-refractivity contribution in [1.82, 2.24) is 34.6 Å². The van der Waals surface area contributed by atoms with E-state index in [2.05, 4.69) is 43.5 Å². The predicted octanol–water partition coefficient (Wildman–Crippen LogP) is 1.41. The average molecular weight is 346 g/mol. The molecule has 1 N–H and O–H groups in total. The second kappa shape index (κ2) is 6.23. The fourth-order valence-electron chi connectivity index (χ4n) is 3.20. The van der Waals surface area contributed by atoms with Gasteiger partial charge in [-0.05, 0) is 18.2 Å². The molecule has 8 nitrogen and oxygen atoms in total. The van der Waals surface area contributed by atoms with E-state index in [1.807, 2.05) is 35.2 Å². The van der Waals surface area contributed by atoms with Gasteiger partial charge in [0.15, 0.2) is 0 Å². The molecule has 1 saturated heterocycles. The number of rotatable bonds is 3. The molecule has 0 radical (unpaired) electrons. The summed E-state index contributed by atoms with van der Waals surface area (Å²) in [5.41, 5.74) is 1.07. The molecule has 0 aliphatic carbocycles. The third-order valence-corrected chi connectivity index (χ3v) is 4.52. The highest BCUT2D eigenvalue weighted by Crippen LogP contribution is 2.20. The predicted molar refractivity (Wildman–Crippen MR) is 98.9 cm³/mol. The summed E-state index contributed by atoms with van der Waals surface area (Å²) in [7, 11) is 0. The van der Waals surface area contributed by atoms with Crippen LogP contribution in [0.25, 0.3) is 22.8 Å². The van der Waals surface area contributed by atoms with Crippen LogP contribution >= 0.6 is 0 Å². The summed E-state index contributed by atoms with van der Waals surface area (Å²) >= 11 is 0. The maximum atomic E-state index is 4.76. The summed E-state index contributed by atoms with van der Waals surface area (Å²) in [6.45, 7) is 3.58. The Balaban J connectivity index is 1.67. The second-order valence-electron chi connectivity index (χ2n) is 6.17. The topological polar surface area (TPSA) is 76.7 Å². The molecule has 1 aromatic carbocycles. The average Bonchev–Trinajstić information content (AvgIpc) is 3.38. The van der Waals surface area contributed by atoms with Crippen molar-refractivity contribution in [2.45, 2.75) is 0 Å². The van der Waals surface area contributed by atoms with E-state index in [0.717, 1.165) is 37.1 Å². The molecule has 0 atom stereocenters. The standard InChI is InChI=1S/C18H18N8/c1-2-5-15-14(4-1)6-11-25(15)17-21-16(24-12-8-19-9-13-24)22-18(23-17)26-10-3-7-20-26/h1-7,10-11,19H,8-9,12-13H2. The number of para-hydroxylation sites is 1. The number of fused-ring (bicyclic) bond motifs is 1. The SMILES string of the molecule is c1ccc2c(c1)ccn2-c1nc(N2CCNCC2)nc(-n2cccn2)n1. The van der Waals surface area contributed by atoms with Crippen molar-refractivity contribution in [3.63, 3.8) is 0 Å². The first-order valence-electron chi connectivity index (χ1n) is 8.67. The van der Waals surface area contributed by atoms with E-state index in [0.29, 0.717) is 17.8 Å². The van der Waals surface area contributed by atoms with E-state index < -0.39 is 0 Å². The van der Waals surface area contributed by atoms with Crippen molar-refractivity contribution >= 4 is 16.9 Å². The summed E-state index contributed by atoms with van der Waals surface area (Å²) in [6, 6.07) is 12.1. The molecular formula is C18H18N8. The number of nitrogens with one attached hydrogen (secondary N) is 1. The Morgan fingerprint density at radius 1 is 0.808 bits per heavy atom. The van der Waals surface area contributed by atoms with Crippen LogP contribution in [0.4, 0.5) is 5.95 Å². The Kier molecular flexibility index (Phi) is 3.60. The minimum atomic E-state index is 0.520. The van der Waals surface area contributed by atoms with E-state index in [1.54, 1.807) is 10.9 Å². The molecule has 1 aliphatic rings. The van der Waals surface area contributed by atoms with E-state index in [-0.39, 0.29) is 0 Å². The molecule has 3 aromatic heterocycles. The van der Waals surface area contributed by atoms with Gasteiger partial charge in [-0.1, -0.05) is 18.2 Å². The zero-order valence-corrected chi connectivity index (χ0v) is 14.2. The maximum absolute atomic E-state index is 4.76. The minimum absolute atomic E-state index is 0.520. The molecule has 4 heterocycles. The third-order valence-electron chi connectivity index (χ3n) is 4.52. The molecule has 1 aliphatic heterocycles. The first-order chi connectivity index (χ1) is 12.9. The number of aromatic nitrogens is 6. The number of hydrogen-bond donors (Lipinski definition) is 1. The number of anilines is 1. The van der Waals surface area contributed by atoms with Crippen molar-refractivity contribution in [3.05, 3.63) is 55.0 Å². The van der Waals surface area contributed by atoms with Crippen LogP contribution in [-0.4, -0.2) is 55.5 Å². The Labute approximate surface area is 150 Å². The molecule has 0 spiro atoms. The van der Waals surface area contributed by atoms with Gasteiger partial charge in [-0.15, -0.1) is 0 Å². The number of hydrogen-bond acceptors (Lipinski definition) is 6. The molecule has 8 heteroatoms.